The molecule has 0 amide bonds. The van der Waals surface area contributed by atoms with Crippen LogP contribution in [0, 0.1) is 28.6 Å². The molecule has 0 bridgehead atoms. The van der Waals surface area contributed by atoms with Crippen molar-refractivity contribution in [1.29, 1.82) is 0 Å². The Bertz CT molecular complexity index is 587. The summed E-state index contributed by atoms with van der Waals surface area (Å²) in [5.74, 6) is 2.10. The maximum absolute atomic E-state index is 11.6. The maximum atomic E-state index is 11.6. The van der Waals surface area contributed by atoms with Gasteiger partial charge in [0.25, 0.3) is 0 Å². The fourth-order valence-corrected chi connectivity index (χ4v) is 7.42. The minimum atomic E-state index is -0.555. The molecule has 2 unspecified atom stereocenters. The number of nitrogens with one attached hydrogen (secondary N) is 1. The van der Waals surface area contributed by atoms with E-state index in [2.05, 4.69) is 39.1 Å². The molecule has 3 heteroatoms. The van der Waals surface area contributed by atoms with Gasteiger partial charge in [-0.05, 0) is 74.5 Å². The first-order valence-electron chi connectivity index (χ1n) is 11.0. The van der Waals surface area contributed by atoms with Gasteiger partial charge < -0.3 is 15.5 Å². The van der Waals surface area contributed by atoms with E-state index < -0.39 is 5.60 Å². The summed E-state index contributed by atoms with van der Waals surface area (Å²) in [6.07, 6.45) is 11.0. The van der Waals surface area contributed by atoms with Crippen molar-refractivity contribution in [2.45, 2.75) is 96.8 Å². The fraction of sp³-hybridized carbons (Fsp3) is 0.913. The molecule has 4 aliphatic carbocycles. The molecule has 0 aromatic carbocycles. The van der Waals surface area contributed by atoms with E-state index in [-0.39, 0.29) is 11.5 Å². The van der Waals surface area contributed by atoms with E-state index >= 15 is 0 Å². The van der Waals surface area contributed by atoms with Crippen molar-refractivity contribution in [2.24, 2.45) is 28.6 Å². The number of hydrogen-bond acceptors (Lipinski definition) is 3. The molecule has 0 aliphatic heterocycles. The average molecular weight is 362 g/mol. The summed E-state index contributed by atoms with van der Waals surface area (Å²) in [4.78, 5) is 0. The predicted octanol–water partition coefficient (Wildman–Crippen LogP) is 4.04. The van der Waals surface area contributed by atoms with Crippen LogP contribution in [0.3, 0.4) is 0 Å². The first-order chi connectivity index (χ1) is 12.2. The van der Waals surface area contributed by atoms with Crippen molar-refractivity contribution in [3.8, 4) is 0 Å². The number of rotatable bonds is 3. The topological polar surface area (TPSA) is 52.5 Å². The second-order valence-corrected chi connectivity index (χ2v) is 10.7. The molecular weight excluding hydrogens is 322 g/mol. The molecule has 148 valence electrons. The average Bonchev–Trinajstić information content (AvgIpc) is 2.86. The van der Waals surface area contributed by atoms with Gasteiger partial charge in [0, 0.05) is 18.0 Å². The largest absolute Gasteiger partial charge is 0.393 e. The van der Waals surface area contributed by atoms with Crippen molar-refractivity contribution in [2.75, 3.05) is 6.54 Å². The molecule has 3 fully saturated rings. The highest BCUT2D eigenvalue weighted by molar-refractivity contribution is 5.26. The van der Waals surface area contributed by atoms with Gasteiger partial charge in [0.1, 0.15) is 0 Å². The first kappa shape index (κ1) is 19.0. The number of aliphatic hydroxyl groups excluding tert-OH is 1. The summed E-state index contributed by atoms with van der Waals surface area (Å²) in [5, 5.41) is 25.3. The Morgan fingerprint density at radius 2 is 1.85 bits per heavy atom. The second-order valence-electron chi connectivity index (χ2n) is 10.7. The van der Waals surface area contributed by atoms with Gasteiger partial charge in [-0.15, -0.1) is 0 Å². The molecule has 7 atom stereocenters. The predicted molar refractivity (Wildman–Crippen MR) is 106 cm³/mol. The first-order valence-corrected chi connectivity index (χ1v) is 11.0. The van der Waals surface area contributed by atoms with Crippen LogP contribution in [0.2, 0.25) is 0 Å². The van der Waals surface area contributed by atoms with Crippen LogP contribution in [0.1, 0.15) is 79.1 Å². The van der Waals surface area contributed by atoms with Crippen LogP contribution in [-0.4, -0.2) is 34.5 Å². The van der Waals surface area contributed by atoms with Crippen molar-refractivity contribution in [1.82, 2.24) is 5.32 Å². The third-order valence-electron chi connectivity index (χ3n) is 9.20. The number of fused-ring (bicyclic) bond motifs is 5. The Labute approximate surface area is 159 Å². The summed E-state index contributed by atoms with van der Waals surface area (Å²) >= 11 is 0. The molecule has 3 nitrogen and oxygen atoms in total. The van der Waals surface area contributed by atoms with E-state index in [1.165, 1.54) is 18.4 Å². The summed E-state index contributed by atoms with van der Waals surface area (Å²) < 4.78 is 0. The molecule has 26 heavy (non-hydrogen) atoms. The summed E-state index contributed by atoms with van der Waals surface area (Å²) in [7, 11) is 0. The molecular formula is C23H39NO2. The Kier molecular flexibility index (Phi) is 4.61. The molecule has 3 saturated carbocycles. The zero-order valence-electron chi connectivity index (χ0n) is 17.2. The van der Waals surface area contributed by atoms with E-state index in [1.54, 1.807) is 0 Å². The zero-order valence-corrected chi connectivity index (χ0v) is 17.2. The molecule has 0 saturated heterocycles. The van der Waals surface area contributed by atoms with E-state index in [1.807, 2.05) is 0 Å². The van der Waals surface area contributed by atoms with E-state index in [0.29, 0.717) is 23.3 Å². The Morgan fingerprint density at radius 1 is 1.12 bits per heavy atom. The highest BCUT2D eigenvalue weighted by atomic mass is 16.3. The Morgan fingerprint density at radius 3 is 2.58 bits per heavy atom. The summed E-state index contributed by atoms with van der Waals surface area (Å²) in [6, 6.07) is 0.422. The van der Waals surface area contributed by atoms with Gasteiger partial charge in [0.15, 0.2) is 0 Å². The van der Waals surface area contributed by atoms with Crippen molar-refractivity contribution in [3.05, 3.63) is 11.6 Å². The SMILES string of the molecule is CC(C)NCC1(O)CC[C@H]2[C@@H]3CC=C4CC(O)CC[C@]4(C)[C@@H]3CC[C@@]21C. The van der Waals surface area contributed by atoms with Gasteiger partial charge in [0.2, 0.25) is 0 Å². The molecule has 4 aliphatic rings. The molecule has 3 N–H and O–H groups in total. The van der Waals surface area contributed by atoms with E-state index in [0.717, 1.165) is 51.0 Å². The van der Waals surface area contributed by atoms with Crippen LogP contribution in [0.15, 0.2) is 11.6 Å². The third kappa shape index (κ3) is 2.64. The van der Waals surface area contributed by atoms with Gasteiger partial charge >= 0.3 is 0 Å². The lowest BCUT2D eigenvalue weighted by atomic mass is 9.47. The van der Waals surface area contributed by atoms with Gasteiger partial charge in [-0.25, -0.2) is 0 Å². The molecule has 0 heterocycles. The molecule has 0 aromatic rings. The van der Waals surface area contributed by atoms with Gasteiger partial charge in [-0.1, -0.05) is 39.3 Å². The molecule has 0 spiro atoms. The van der Waals surface area contributed by atoms with Gasteiger partial charge in [-0.3, -0.25) is 0 Å². The van der Waals surface area contributed by atoms with Crippen LogP contribution < -0.4 is 5.32 Å². The summed E-state index contributed by atoms with van der Waals surface area (Å²) in [6.45, 7) is 9.93. The highest BCUT2D eigenvalue weighted by Crippen LogP contribution is 2.67. The lowest BCUT2D eigenvalue weighted by Gasteiger charge is -2.59. The Hall–Kier alpha value is -0.380. The molecule has 0 aromatic heterocycles. The minimum Gasteiger partial charge on any atom is -0.393 e. The van der Waals surface area contributed by atoms with Crippen molar-refractivity contribution < 1.29 is 10.2 Å². The van der Waals surface area contributed by atoms with Crippen LogP contribution in [0.5, 0.6) is 0 Å². The molecule has 4 rings (SSSR count). The van der Waals surface area contributed by atoms with E-state index in [9.17, 15) is 10.2 Å². The summed E-state index contributed by atoms with van der Waals surface area (Å²) in [5.41, 5.74) is 1.32. The maximum Gasteiger partial charge on any atom is 0.0827 e. The monoisotopic (exact) mass is 361 g/mol. The van der Waals surface area contributed by atoms with Gasteiger partial charge in [-0.2, -0.15) is 0 Å². The number of hydrogen-bond donors (Lipinski definition) is 3. The van der Waals surface area contributed by atoms with E-state index in [4.69, 9.17) is 0 Å². The number of aliphatic hydroxyl groups is 2. The standard InChI is InChI=1S/C23H39NO2/c1-15(2)24-14-23(26)12-9-20-18-6-5-16-13-17(25)7-10-21(16,3)19(18)8-11-22(20,23)4/h5,15,17-20,24-26H,6-14H2,1-4H3/t17?,18-,19-,20+,21+,22+,23?/m1/s1. The molecule has 0 radical (unpaired) electrons. The lowest BCUT2D eigenvalue weighted by Crippen LogP contribution is -2.58. The van der Waals surface area contributed by atoms with Crippen LogP contribution >= 0.6 is 0 Å². The van der Waals surface area contributed by atoms with Gasteiger partial charge in [0.05, 0.1) is 11.7 Å². The second kappa shape index (κ2) is 6.32. The van der Waals surface area contributed by atoms with Crippen LogP contribution in [0.4, 0.5) is 0 Å². The quantitative estimate of drug-likeness (QED) is 0.665. The van der Waals surface area contributed by atoms with Crippen LogP contribution in [0.25, 0.3) is 0 Å². The van der Waals surface area contributed by atoms with Crippen LogP contribution in [-0.2, 0) is 0 Å². The zero-order chi connectivity index (χ0) is 18.7. The fourth-order valence-electron chi connectivity index (χ4n) is 7.42. The van der Waals surface area contributed by atoms with Crippen molar-refractivity contribution in [3.63, 3.8) is 0 Å². The van der Waals surface area contributed by atoms with Crippen molar-refractivity contribution >= 4 is 0 Å². The Balaban J connectivity index is 1.60. The number of allylic oxidation sites excluding steroid dienone is 1. The highest BCUT2D eigenvalue weighted by Gasteiger charge is 2.63. The normalized spacial score (nSPS) is 50.8. The third-order valence-corrected chi connectivity index (χ3v) is 9.20. The lowest BCUT2D eigenvalue weighted by molar-refractivity contribution is -0.123. The smallest absolute Gasteiger partial charge is 0.0827 e. The minimum absolute atomic E-state index is 0.0476.